The van der Waals surface area contributed by atoms with Gasteiger partial charge >= 0.3 is 0 Å². The molecule has 0 saturated heterocycles. The Bertz CT molecular complexity index is 659. The van der Waals surface area contributed by atoms with Crippen molar-refractivity contribution in [1.29, 1.82) is 0 Å². The van der Waals surface area contributed by atoms with E-state index >= 15 is 0 Å². The summed E-state index contributed by atoms with van der Waals surface area (Å²) in [5.74, 6) is 0.885. The van der Waals surface area contributed by atoms with Crippen LogP contribution in [0.1, 0.15) is 87.5 Å². The molecule has 0 aliphatic carbocycles. The summed E-state index contributed by atoms with van der Waals surface area (Å²) in [6.45, 7) is 8.85. The van der Waals surface area contributed by atoms with E-state index in [1.807, 2.05) is 19.3 Å². The van der Waals surface area contributed by atoms with Gasteiger partial charge in [0.15, 0.2) is 5.82 Å². The first-order chi connectivity index (χ1) is 12.7. The molecule has 0 bridgehead atoms. The number of hydrogen-bond donors (Lipinski definition) is 0. The molecule has 1 aromatic carbocycles. The van der Waals surface area contributed by atoms with Crippen molar-refractivity contribution in [3.63, 3.8) is 0 Å². The van der Waals surface area contributed by atoms with Gasteiger partial charge in [0, 0.05) is 18.0 Å². The smallest absolute Gasteiger partial charge is 0.159 e. The van der Waals surface area contributed by atoms with Crippen molar-refractivity contribution in [2.45, 2.75) is 91.9 Å². The molecule has 0 aliphatic rings. The fourth-order valence-electron chi connectivity index (χ4n) is 3.51. The maximum absolute atomic E-state index is 4.62. The molecule has 0 aliphatic heterocycles. The van der Waals surface area contributed by atoms with Gasteiger partial charge in [-0.3, -0.25) is 0 Å². The molecule has 0 fully saturated rings. The summed E-state index contributed by atoms with van der Waals surface area (Å²) in [5.41, 5.74) is 6.68. The molecule has 2 rings (SSSR count). The lowest BCUT2D eigenvalue weighted by Crippen LogP contribution is -2.00. The van der Waals surface area contributed by atoms with Gasteiger partial charge in [0.2, 0.25) is 0 Å². The van der Waals surface area contributed by atoms with Gasteiger partial charge < -0.3 is 0 Å². The summed E-state index contributed by atoms with van der Waals surface area (Å²) in [5, 5.41) is 0. The van der Waals surface area contributed by atoms with Crippen LogP contribution in [0.3, 0.4) is 0 Å². The second kappa shape index (κ2) is 11.1. The summed E-state index contributed by atoms with van der Waals surface area (Å²) < 4.78 is 0. The average molecular weight is 353 g/mol. The molecular formula is C24H36N2. The molecule has 0 amide bonds. The van der Waals surface area contributed by atoms with Crippen LogP contribution in [0.4, 0.5) is 0 Å². The summed E-state index contributed by atoms with van der Waals surface area (Å²) in [4.78, 5) is 9.25. The molecule has 0 atom stereocenters. The van der Waals surface area contributed by atoms with Crippen molar-refractivity contribution in [3.8, 4) is 11.4 Å². The van der Waals surface area contributed by atoms with Crippen LogP contribution in [0, 0.1) is 13.8 Å². The average Bonchev–Trinajstić information content (AvgIpc) is 2.64. The first-order valence-corrected chi connectivity index (χ1v) is 10.6. The van der Waals surface area contributed by atoms with Crippen LogP contribution < -0.4 is 0 Å². The van der Waals surface area contributed by atoms with Gasteiger partial charge in [-0.1, -0.05) is 58.4 Å². The van der Waals surface area contributed by atoms with Crippen molar-refractivity contribution in [3.05, 3.63) is 46.8 Å². The predicted molar refractivity (Wildman–Crippen MR) is 113 cm³/mol. The van der Waals surface area contributed by atoms with Gasteiger partial charge in [-0.05, 0) is 67.9 Å². The van der Waals surface area contributed by atoms with E-state index in [2.05, 4.69) is 42.9 Å². The van der Waals surface area contributed by atoms with Crippen molar-refractivity contribution >= 4 is 0 Å². The van der Waals surface area contributed by atoms with Crippen LogP contribution in [-0.2, 0) is 12.8 Å². The van der Waals surface area contributed by atoms with Crippen molar-refractivity contribution in [1.82, 2.24) is 9.97 Å². The lowest BCUT2D eigenvalue weighted by atomic mass is 9.92. The maximum Gasteiger partial charge on any atom is 0.159 e. The number of nitrogens with zero attached hydrogens (tertiary/aromatic N) is 2. The Morgan fingerprint density at radius 3 is 1.85 bits per heavy atom. The summed E-state index contributed by atoms with van der Waals surface area (Å²) in [6, 6.07) is 4.78. The molecule has 0 unspecified atom stereocenters. The minimum absolute atomic E-state index is 0.885. The lowest BCUT2D eigenvalue weighted by molar-refractivity contribution is 0.662. The molecule has 26 heavy (non-hydrogen) atoms. The van der Waals surface area contributed by atoms with E-state index in [0.717, 1.165) is 17.8 Å². The zero-order valence-corrected chi connectivity index (χ0v) is 17.3. The van der Waals surface area contributed by atoms with Crippen LogP contribution in [0.15, 0.2) is 24.5 Å². The van der Waals surface area contributed by atoms with Crippen LogP contribution in [0.25, 0.3) is 11.4 Å². The molecule has 2 nitrogen and oxygen atoms in total. The topological polar surface area (TPSA) is 25.8 Å². The monoisotopic (exact) mass is 352 g/mol. The second-order valence-corrected chi connectivity index (χ2v) is 7.64. The van der Waals surface area contributed by atoms with Crippen LogP contribution >= 0.6 is 0 Å². The third-order valence-electron chi connectivity index (χ3n) is 5.18. The largest absolute Gasteiger partial charge is 0.236 e. The maximum atomic E-state index is 4.62. The molecule has 0 N–H and O–H groups in total. The fraction of sp³-hybridized carbons (Fsp3) is 0.583. The third kappa shape index (κ3) is 6.23. The summed E-state index contributed by atoms with van der Waals surface area (Å²) in [6.07, 6.45) is 16.6. The molecule has 1 heterocycles. The van der Waals surface area contributed by atoms with Gasteiger partial charge in [0.25, 0.3) is 0 Å². The number of rotatable bonds is 11. The van der Waals surface area contributed by atoms with Gasteiger partial charge in [-0.25, -0.2) is 9.97 Å². The SMILES string of the molecule is CCCCCCc1cc(-c2ncc(C)cn2)c(CCCCCC)cc1C. The highest BCUT2D eigenvalue weighted by Gasteiger charge is 2.12. The van der Waals surface area contributed by atoms with Gasteiger partial charge in [0.1, 0.15) is 0 Å². The zero-order chi connectivity index (χ0) is 18.8. The van der Waals surface area contributed by atoms with E-state index in [-0.39, 0.29) is 0 Å². The summed E-state index contributed by atoms with van der Waals surface area (Å²) in [7, 11) is 0. The highest BCUT2D eigenvalue weighted by molar-refractivity contribution is 5.62. The fourth-order valence-corrected chi connectivity index (χ4v) is 3.51. The minimum Gasteiger partial charge on any atom is -0.236 e. The number of unbranched alkanes of at least 4 members (excludes halogenated alkanes) is 6. The minimum atomic E-state index is 0.885. The van der Waals surface area contributed by atoms with E-state index in [4.69, 9.17) is 0 Å². The van der Waals surface area contributed by atoms with Crippen molar-refractivity contribution < 1.29 is 0 Å². The van der Waals surface area contributed by atoms with E-state index in [1.165, 1.54) is 80.0 Å². The molecule has 0 saturated carbocycles. The van der Waals surface area contributed by atoms with E-state index < -0.39 is 0 Å². The Morgan fingerprint density at radius 2 is 1.27 bits per heavy atom. The Balaban J connectivity index is 2.24. The first-order valence-electron chi connectivity index (χ1n) is 10.6. The quantitative estimate of drug-likeness (QED) is 0.407. The molecule has 2 aromatic rings. The second-order valence-electron chi connectivity index (χ2n) is 7.64. The Labute approximate surface area is 160 Å². The van der Waals surface area contributed by atoms with E-state index in [1.54, 1.807) is 0 Å². The molecule has 0 radical (unpaired) electrons. The molecule has 1 aromatic heterocycles. The van der Waals surface area contributed by atoms with Gasteiger partial charge in [-0.2, -0.15) is 0 Å². The molecule has 142 valence electrons. The standard InChI is InChI=1S/C24H36N2/c1-5-7-9-11-13-21-16-23(24-25-17-19(3)18-26-24)22(15-20(21)4)14-12-10-8-6-2/h15-18H,5-14H2,1-4H3. The third-order valence-corrected chi connectivity index (χ3v) is 5.18. The van der Waals surface area contributed by atoms with E-state index in [0.29, 0.717) is 0 Å². The highest BCUT2D eigenvalue weighted by Crippen LogP contribution is 2.27. The van der Waals surface area contributed by atoms with Crippen LogP contribution in [0.5, 0.6) is 0 Å². The predicted octanol–water partition coefficient (Wildman–Crippen LogP) is 7.01. The van der Waals surface area contributed by atoms with Crippen LogP contribution in [-0.4, -0.2) is 9.97 Å². The van der Waals surface area contributed by atoms with Gasteiger partial charge in [-0.15, -0.1) is 0 Å². The Hall–Kier alpha value is -1.70. The van der Waals surface area contributed by atoms with Crippen LogP contribution in [0.2, 0.25) is 0 Å². The zero-order valence-electron chi connectivity index (χ0n) is 17.3. The first kappa shape index (κ1) is 20.6. The van der Waals surface area contributed by atoms with E-state index in [9.17, 15) is 0 Å². The Morgan fingerprint density at radius 1 is 0.692 bits per heavy atom. The number of hydrogen-bond acceptors (Lipinski definition) is 2. The normalized spacial score (nSPS) is 11.1. The van der Waals surface area contributed by atoms with Gasteiger partial charge in [0.05, 0.1) is 0 Å². The van der Waals surface area contributed by atoms with Crippen molar-refractivity contribution in [2.75, 3.05) is 0 Å². The number of aromatic nitrogens is 2. The summed E-state index contributed by atoms with van der Waals surface area (Å²) >= 11 is 0. The number of benzene rings is 1. The number of aryl methyl sites for hydroxylation is 4. The lowest BCUT2D eigenvalue weighted by Gasteiger charge is -2.14. The Kier molecular flexibility index (Phi) is 8.80. The van der Waals surface area contributed by atoms with Crippen molar-refractivity contribution in [2.24, 2.45) is 0 Å². The molecular weight excluding hydrogens is 316 g/mol. The molecule has 0 spiro atoms. The highest BCUT2D eigenvalue weighted by atomic mass is 14.9. The molecule has 2 heteroatoms.